The third-order valence-corrected chi connectivity index (χ3v) is 4.35. The molecule has 0 spiro atoms. The SMILES string of the molecule is COc1ccccc1/C=C(/NC(=O)C(C)(C)C)C(=O)Nc1cc(Cl)ccc1Cl. The highest BCUT2D eigenvalue weighted by Crippen LogP contribution is 2.26. The third kappa shape index (κ3) is 5.75. The van der Waals surface area contributed by atoms with Crippen molar-refractivity contribution in [3.63, 3.8) is 0 Å². The van der Waals surface area contributed by atoms with Gasteiger partial charge in [0.25, 0.3) is 5.91 Å². The minimum absolute atomic E-state index is 0.0560. The molecule has 2 rings (SSSR count). The van der Waals surface area contributed by atoms with Gasteiger partial charge in [0.05, 0.1) is 17.8 Å². The molecule has 0 aliphatic rings. The van der Waals surface area contributed by atoms with Gasteiger partial charge in [-0.25, -0.2) is 0 Å². The molecule has 5 nitrogen and oxygen atoms in total. The fraction of sp³-hybridized carbons (Fsp3) is 0.238. The van der Waals surface area contributed by atoms with E-state index in [1.807, 2.05) is 12.1 Å². The monoisotopic (exact) mass is 420 g/mol. The molecule has 0 heterocycles. The Balaban J connectivity index is 2.42. The first-order valence-electron chi connectivity index (χ1n) is 8.54. The minimum atomic E-state index is -0.687. The van der Waals surface area contributed by atoms with Crippen LogP contribution in [0.3, 0.4) is 0 Å². The molecule has 0 saturated carbocycles. The lowest BCUT2D eigenvalue weighted by atomic mass is 9.95. The van der Waals surface area contributed by atoms with Crippen molar-refractivity contribution in [2.24, 2.45) is 5.41 Å². The number of carbonyl (C=O) groups is 2. The summed E-state index contributed by atoms with van der Waals surface area (Å²) in [4.78, 5) is 25.4. The van der Waals surface area contributed by atoms with Gasteiger partial charge in [0.15, 0.2) is 0 Å². The van der Waals surface area contributed by atoms with Crippen molar-refractivity contribution in [2.75, 3.05) is 12.4 Å². The number of ether oxygens (including phenoxy) is 1. The zero-order valence-electron chi connectivity index (χ0n) is 16.1. The Morgan fingerprint density at radius 2 is 1.75 bits per heavy atom. The number of anilines is 1. The van der Waals surface area contributed by atoms with Gasteiger partial charge >= 0.3 is 0 Å². The van der Waals surface area contributed by atoms with Crippen molar-refractivity contribution in [2.45, 2.75) is 20.8 Å². The predicted octanol–water partition coefficient (Wildman–Crippen LogP) is 5.14. The van der Waals surface area contributed by atoms with Gasteiger partial charge in [-0.3, -0.25) is 9.59 Å². The van der Waals surface area contributed by atoms with E-state index in [4.69, 9.17) is 27.9 Å². The number of carbonyl (C=O) groups excluding carboxylic acids is 2. The number of benzene rings is 2. The van der Waals surface area contributed by atoms with Crippen molar-refractivity contribution in [1.82, 2.24) is 5.32 Å². The van der Waals surface area contributed by atoms with Crippen molar-refractivity contribution < 1.29 is 14.3 Å². The molecule has 2 aromatic rings. The number of hydrogen-bond donors (Lipinski definition) is 2. The maximum atomic E-state index is 12.9. The number of methoxy groups -OCH3 is 1. The van der Waals surface area contributed by atoms with Crippen LogP contribution < -0.4 is 15.4 Å². The summed E-state index contributed by atoms with van der Waals surface area (Å²) in [6.45, 7) is 5.28. The lowest BCUT2D eigenvalue weighted by molar-refractivity contribution is -0.128. The first-order valence-corrected chi connectivity index (χ1v) is 9.30. The van der Waals surface area contributed by atoms with Gasteiger partial charge in [0.2, 0.25) is 5.91 Å². The zero-order chi connectivity index (χ0) is 20.9. The van der Waals surface area contributed by atoms with Crippen molar-refractivity contribution in [1.29, 1.82) is 0 Å². The Hall–Kier alpha value is -2.50. The van der Waals surface area contributed by atoms with Gasteiger partial charge in [-0.2, -0.15) is 0 Å². The number of rotatable bonds is 5. The predicted molar refractivity (Wildman–Crippen MR) is 114 cm³/mol. The van der Waals surface area contributed by atoms with Gasteiger partial charge in [-0.05, 0) is 30.3 Å². The largest absolute Gasteiger partial charge is 0.496 e. The molecule has 7 heteroatoms. The standard InChI is InChI=1S/C21H22Cl2N2O3/c1-21(2,3)20(27)25-17(11-13-7-5-6-8-18(13)28-4)19(26)24-16-12-14(22)9-10-15(16)23/h5-12H,1-4H3,(H,24,26)(H,25,27)/b17-11+. The fourth-order valence-corrected chi connectivity index (χ4v) is 2.53. The summed E-state index contributed by atoms with van der Waals surface area (Å²) in [7, 11) is 1.53. The molecule has 148 valence electrons. The van der Waals surface area contributed by atoms with Crippen molar-refractivity contribution >= 4 is 46.8 Å². The molecule has 28 heavy (non-hydrogen) atoms. The van der Waals surface area contributed by atoms with Crippen LogP contribution in [0.4, 0.5) is 5.69 Å². The van der Waals surface area contributed by atoms with E-state index in [2.05, 4.69) is 10.6 Å². The highest BCUT2D eigenvalue weighted by molar-refractivity contribution is 6.36. The number of para-hydroxylation sites is 1. The van der Waals surface area contributed by atoms with E-state index in [9.17, 15) is 9.59 Å². The second kappa shape index (κ2) is 9.13. The molecule has 0 aliphatic carbocycles. The van der Waals surface area contributed by atoms with Crippen LogP contribution in [0.1, 0.15) is 26.3 Å². The second-order valence-electron chi connectivity index (χ2n) is 7.08. The highest BCUT2D eigenvalue weighted by atomic mass is 35.5. The average Bonchev–Trinajstić information content (AvgIpc) is 2.63. The van der Waals surface area contributed by atoms with Crippen LogP contribution in [0.2, 0.25) is 10.0 Å². The van der Waals surface area contributed by atoms with E-state index in [0.29, 0.717) is 27.0 Å². The molecule has 0 saturated heterocycles. The van der Waals surface area contributed by atoms with Gasteiger partial charge in [0.1, 0.15) is 11.4 Å². The highest BCUT2D eigenvalue weighted by Gasteiger charge is 2.24. The van der Waals surface area contributed by atoms with Crippen LogP contribution in [0.5, 0.6) is 5.75 Å². The lowest BCUT2D eigenvalue weighted by Crippen LogP contribution is -2.38. The van der Waals surface area contributed by atoms with E-state index in [1.54, 1.807) is 51.1 Å². The smallest absolute Gasteiger partial charge is 0.272 e. The van der Waals surface area contributed by atoms with Gasteiger partial charge in [-0.1, -0.05) is 62.2 Å². The molecule has 0 aromatic heterocycles. The summed E-state index contributed by atoms with van der Waals surface area (Å²) in [5.41, 5.74) is 0.352. The average molecular weight is 421 g/mol. The number of halogens is 2. The Labute approximate surface area is 174 Å². The summed E-state index contributed by atoms with van der Waals surface area (Å²) < 4.78 is 5.32. The summed E-state index contributed by atoms with van der Waals surface area (Å²) in [5, 5.41) is 6.13. The maximum absolute atomic E-state index is 12.9. The molecular formula is C21H22Cl2N2O3. The number of amides is 2. The molecule has 0 radical (unpaired) electrons. The molecular weight excluding hydrogens is 399 g/mol. The van der Waals surface area contributed by atoms with Crippen LogP contribution in [0.25, 0.3) is 6.08 Å². The van der Waals surface area contributed by atoms with Gasteiger partial charge in [-0.15, -0.1) is 0 Å². The van der Waals surface area contributed by atoms with Crippen LogP contribution in [0.15, 0.2) is 48.2 Å². The zero-order valence-corrected chi connectivity index (χ0v) is 17.6. The molecule has 2 amide bonds. The van der Waals surface area contributed by atoms with Crippen LogP contribution in [-0.2, 0) is 9.59 Å². The molecule has 0 unspecified atom stereocenters. The first kappa shape index (κ1) is 21.8. The summed E-state index contributed by atoms with van der Waals surface area (Å²) in [6, 6.07) is 11.9. The molecule has 2 N–H and O–H groups in total. The Kier molecular flexibility index (Phi) is 7.11. The van der Waals surface area contributed by atoms with Crippen molar-refractivity contribution in [3.8, 4) is 5.75 Å². The molecule has 0 bridgehead atoms. The van der Waals surface area contributed by atoms with Gasteiger partial charge in [0, 0.05) is 16.0 Å². The Morgan fingerprint density at radius 1 is 1.07 bits per heavy atom. The topological polar surface area (TPSA) is 67.4 Å². The summed E-state index contributed by atoms with van der Waals surface area (Å²) >= 11 is 12.1. The molecule has 2 aromatic carbocycles. The summed E-state index contributed by atoms with van der Waals surface area (Å²) in [5.74, 6) is -0.271. The van der Waals surface area contributed by atoms with Crippen molar-refractivity contribution in [3.05, 3.63) is 63.8 Å². The second-order valence-corrected chi connectivity index (χ2v) is 7.93. The quantitative estimate of drug-likeness (QED) is 0.657. The molecule has 0 atom stereocenters. The van der Waals surface area contributed by atoms with E-state index < -0.39 is 11.3 Å². The maximum Gasteiger partial charge on any atom is 0.272 e. The van der Waals surface area contributed by atoms with Crippen LogP contribution >= 0.6 is 23.2 Å². The Morgan fingerprint density at radius 3 is 2.39 bits per heavy atom. The minimum Gasteiger partial charge on any atom is -0.496 e. The fourth-order valence-electron chi connectivity index (χ4n) is 2.19. The van der Waals surface area contributed by atoms with Crippen LogP contribution in [-0.4, -0.2) is 18.9 Å². The normalized spacial score (nSPS) is 11.7. The number of nitrogens with one attached hydrogen (secondary N) is 2. The lowest BCUT2D eigenvalue weighted by Gasteiger charge is -2.19. The first-order chi connectivity index (χ1) is 13.1. The molecule has 0 aliphatic heterocycles. The third-order valence-electron chi connectivity index (χ3n) is 3.79. The molecule has 0 fully saturated rings. The van der Waals surface area contributed by atoms with Gasteiger partial charge < -0.3 is 15.4 Å². The van der Waals surface area contributed by atoms with E-state index in [-0.39, 0.29) is 11.6 Å². The van der Waals surface area contributed by atoms with E-state index in [1.165, 1.54) is 13.2 Å². The Bertz CT molecular complexity index is 918. The van der Waals surface area contributed by atoms with Crippen LogP contribution in [0, 0.1) is 5.41 Å². The van der Waals surface area contributed by atoms with E-state index >= 15 is 0 Å². The van der Waals surface area contributed by atoms with E-state index in [0.717, 1.165) is 0 Å². The number of hydrogen-bond acceptors (Lipinski definition) is 3. The summed E-state index contributed by atoms with van der Waals surface area (Å²) in [6.07, 6.45) is 1.55.